The summed E-state index contributed by atoms with van der Waals surface area (Å²) in [5.41, 5.74) is 2.15. The molecule has 1 aliphatic rings. The highest BCUT2D eigenvalue weighted by Gasteiger charge is 2.20. The third kappa shape index (κ3) is 7.97. The van der Waals surface area contributed by atoms with Gasteiger partial charge in [-0.05, 0) is 55.9 Å². The van der Waals surface area contributed by atoms with Crippen LogP contribution in [0, 0.1) is 5.92 Å². The van der Waals surface area contributed by atoms with Crippen LogP contribution in [0.3, 0.4) is 0 Å². The van der Waals surface area contributed by atoms with Gasteiger partial charge in [0.1, 0.15) is 11.3 Å². The molecule has 6 aromatic rings. The van der Waals surface area contributed by atoms with E-state index in [9.17, 15) is 23.1 Å². The lowest BCUT2D eigenvalue weighted by Gasteiger charge is -2.25. The number of aliphatic hydroxyl groups excluding tert-OH is 1. The maximum atomic E-state index is 12.5. The molecule has 1 saturated carbocycles. The number of fused-ring (bicyclic) bond motifs is 2. The molecular weight excluding hydrogens is 689 g/mol. The van der Waals surface area contributed by atoms with E-state index in [-0.39, 0.29) is 22.5 Å². The zero-order valence-corrected chi connectivity index (χ0v) is 28.5. The van der Waals surface area contributed by atoms with E-state index in [4.69, 9.17) is 23.2 Å². The number of nitrogens with zero attached hydrogens (tertiary/aromatic N) is 4. The molecule has 0 unspecified atom stereocenters. The topological polar surface area (TPSA) is 184 Å². The summed E-state index contributed by atoms with van der Waals surface area (Å²) in [4.78, 5) is 46.6. The van der Waals surface area contributed by atoms with Gasteiger partial charge >= 0.3 is 0 Å². The molecule has 7 rings (SSSR count). The van der Waals surface area contributed by atoms with Crippen LogP contribution >= 0.6 is 23.2 Å². The lowest BCUT2D eigenvalue weighted by atomic mass is 9.87. The van der Waals surface area contributed by atoms with E-state index < -0.39 is 15.4 Å². The number of hydrogen-bond acceptors (Lipinski definition) is 10. The smallest absolute Gasteiger partial charge is 0.257 e. The van der Waals surface area contributed by atoms with Crippen LogP contribution in [0.15, 0.2) is 87.8 Å². The number of sulfone groups is 1. The Labute approximate surface area is 290 Å². The SMILES string of the molecule is CS(=O)(=O)c1ncc2cc(-c3ccccc3Cl)c(=O)[nH]c2n1.O=c1[nH]c2nc(NCC3CCC(O)CC3)ncc2cc1-c1ccccc1Cl. The molecule has 252 valence electrons. The van der Waals surface area contributed by atoms with E-state index in [2.05, 4.69) is 35.2 Å². The van der Waals surface area contributed by atoms with Gasteiger partial charge in [0.05, 0.1) is 6.10 Å². The minimum atomic E-state index is -3.54. The van der Waals surface area contributed by atoms with E-state index in [1.165, 1.54) is 6.20 Å². The maximum Gasteiger partial charge on any atom is 0.257 e. The zero-order valence-electron chi connectivity index (χ0n) is 26.2. The standard InChI is InChI=1S/C20H21ClN4O2.C14H10ClN3O3S/c21-17-4-2-1-3-15(17)16-9-13-11-23-20(25-18(13)24-19(16)27)22-10-12-5-7-14(26)8-6-12;1-22(20,21)14-16-7-8-6-10(13(19)17-12(8)18-14)9-4-2-3-5-11(9)15/h1-4,9,11-12,14,26H,5-8,10H2,(H2,22,23,24,25,27);2-7H,1H3,(H,16,17,18,19). The number of benzene rings is 2. The van der Waals surface area contributed by atoms with Crippen LogP contribution in [-0.2, 0) is 9.84 Å². The Balaban J connectivity index is 0.000000174. The Morgan fingerprint density at radius 2 is 1.29 bits per heavy atom. The second kappa shape index (κ2) is 14.4. The second-order valence-electron chi connectivity index (χ2n) is 11.8. The van der Waals surface area contributed by atoms with Crippen LogP contribution in [0.1, 0.15) is 25.7 Å². The van der Waals surface area contributed by atoms with Gasteiger partial charge < -0.3 is 20.4 Å². The van der Waals surface area contributed by atoms with Gasteiger partial charge in [0.2, 0.25) is 20.9 Å². The van der Waals surface area contributed by atoms with Gasteiger partial charge in [-0.25, -0.2) is 23.4 Å². The number of aliphatic hydroxyl groups is 1. The normalized spacial score (nSPS) is 16.2. The first-order valence-corrected chi connectivity index (χ1v) is 18.0. The van der Waals surface area contributed by atoms with E-state index in [0.717, 1.165) is 43.9 Å². The molecule has 0 spiro atoms. The van der Waals surface area contributed by atoms with Crippen molar-refractivity contribution in [3.8, 4) is 22.3 Å². The van der Waals surface area contributed by atoms with Crippen molar-refractivity contribution >= 4 is 61.1 Å². The van der Waals surface area contributed by atoms with Crippen LogP contribution in [0.25, 0.3) is 44.3 Å². The molecule has 2 aromatic carbocycles. The number of hydrogen-bond donors (Lipinski definition) is 4. The molecular formula is C34H31Cl2N7O5S. The third-order valence-corrected chi connectivity index (χ3v) is 9.71. The van der Waals surface area contributed by atoms with Crippen LogP contribution in [0.2, 0.25) is 10.0 Å². The minimum absolute atomic E-state index is 0.157. The first kappa shape index (κ1) is 34.2. The van der Waals surface area contributed by atoms with Crippen molar-refractivity contribution in [2.75, 3.05) is 18.1 Å². The van der Waals surface area contributed by atoms with Gasteiger partial charge in [-0.15, -0.1) is 0 Å². The van der Waals surface area contributed by atoms with Crippen molar-refractivity contribution in [2.24, 2.45) is 5.92 Å². The highest BCUT2D eigenvalue weighted by Crippen LogP contribution is 2.28. The summed E-state index contributed by atoms with van der Waals surface area (Å²) in [5, 5.41) is 14.7. The van der Waals surface area contributed by atoms with E-state index in [0.29, 0.717) is 55.2 Å². The van der Waals surface area contributed by atoms with Crippen molar-refractivity contribution in [2.45, 2.75) is 36.9 Å². The number of rotatable bonds is 6. The van der Waals surface area contributed by atoms with Gasteiger partial charge in [-0.3, -0.25) is 9.59 Å². The molecule has 15 heteroatoms. The molecule has 4 N–H and O–H groups in total. The van der Waals surface area contributed by atoms with Crippen LogP contribution < -0.4 is 16.4 Å². The van der Waals surface area contributed by atoms with Crippen LogP contribution in [0.5, 0.6) is 0 Å². The fourth-order valence-corrected chi connectivity index (χ4v) is 6.55. The highest BCUT2D eigenvalue weighted by atomic mass is 35.5. The molecule has 0 atom stereocenters. The molecule has 4 heterocycles. The van der Waals surface area contributed by atoms with Gasteiger partial charge in [-0.2, -0.15) is 4.98 Å². The van der Waals surface area contributed by atoms with E-state index >= 15 is 0 Å². The number of aromatic amines is 2. The summed E-state index contributed by atoms with van der Waals surface area (Å²) in [6.07, 6.45) is 7.60. The maximum absolute atomic E-state index is 12.5. The predicted octanol–water partition coefficient (Wildman–Crippen LogP) is 5.64. The van der Waals surface area contributed by atoms with Crippen molar-refractivity contribution in [3.63, 3.8) is 0 Å². The molecule has 1 fully saturated rings. The first-order chi connectivity index (χ1) is 23.5. The monoisotopic (exact) mass is 719 g/mol. The lowest BCUT2D eigenvalue weighted by molar-refractivity contribution is 0.111. The molecule has 0 bridgehead atoms. The molecule has 4 aromatic heterocycles. The number of pyridine rings is 2. The minimum Gasteiger partial charge on any atom is -0.393 e. The predicted molar refractivity (Wildman–Crippen MR) is 191 cm³/mol. The van der Waals surface area contributed by atoms with Crippen LogP contribution in [0.4, 0.5) is 5.95 Å². The Morgan fingerprint density at radius 1 is 0.776 bits per heavy atom. The Morgan fingerprint density at radius 3 is 1.82 bits per heavy atom. The molecule has 0 saturated heterocycles. The number of anilines is 1. The second-order valence-corrected chi connectivity index (χ2v) is 14.5. The number of aromatic nitrogens is 6. The summed E-state index contributed by atoms with van der Waals surface area (Å²) in [6.45, 7) is 0.764. The lowest BCUT2D eigenvalue weighted by Crippen LogP contribution is -2.24. The number of H-pyrrole nitrogens is 2. The van der Waals surface area contributed by atoms with Gasteiger partial charge in [0, 0.05) is 68.3 Å². The summed E-state index contributed by atoms with van der Waals surface area (Å²) >= 11 is 12.3. The van der Waals surface area contributed by atoms with Crippen molar-refractivity contribution < 1.29 is 13.5 Å². The van der Waals surface area contributed by atoms with Gasteiger partial charge in [0.25, 0.3) is 11.1 Å². The molecule has 0 amide bonds. The third-order valence-electron chi connectivity index (χ3n) is 8.19. The highest BCUT2D eigenvalue weighted by molar-refractivity contribution is 7.90. The molecule has 1 aliphatic carbocycles. The number of nitrogens with one attached hydrogen (secondary N) is 3. The van der Waals surface area contributed by atoms with E-state index in [1.807, 2.05) is 18.2 Å². The van der Waals surface area contributed by atoms with Gasteiger partial charge in [-0.1, -0.05) is 59.6 Å². The fraction of sp³-hybridized carbons (Fsp3) is 0.235. The number of halogens is 2. The largest absolute Gasteiger partial charge is 0.393 e. The first-order valence-electron chi connectivity index (χ1n) is 15.4. The molecule has 0 aliphatic heterocycles. The molecule has 12 nitrogen and oxygen atoms in total. The molecule has 49 heavy (non-hydrogen) atoms. The summed E-state index contributed by atoms with van der Waals surface area (Å²) in [7, 11) is -3.54. The quantitative estimate of drug-likeness (QED) is 0.157. The average Bonchev–Trinajstić information content (AvgIpc) is 3.08. The average molecular weight is 721 g/mol. The van der Waals surface area contributed by atoms with E-state index in [1.54, 1.807) is 48.7 Å². The molecule has 0 radical (unpaired) electrons. The summed E-state index contributed by atoms with van der Waals surface area (Å²) in [5.74, 6) is 1.00. The van der Waals surface area contributed by atoms with Crippen LogP contribution in [-0.4, -0.2) is 62.3 Å². The van der Waals surface area contributed by atoms with Crippen molar-refractivity contribution in [1.82, 2.24) is 29.9 Å². The van der Waals surface area contributed by atoms with Crippen molar-refractivity contribution in [1.29, 1.82) is 0 Å². The fourth-order valence-electron chi connectivity index (χ4n) is 5.58. The zero-order chi connectivity index (χ0) is 34.7. The van der Waals surface area contributed by atoms with Gasteiger partial charge in [0.15, 0.2) is 0 Å². The Hall–Kier alpha value is -4.69. The van der Waals surface area contributed by atoms with Crippen molar-refractivity contribution in [3.05, 3.63) is 104 Å². The Kier molecular flexibility index (Phi) is 10.1. The summed E-state index contributed by atoms with van der Waals surface area (Å²) < 4.78 is 22.9. The summed E-state index contributed by atoms with van der Waals surface area (Å²) in [6, 6.07) is 17.5. The Bertz CT molecular complexity index is 2390.